The number of carbonyl (C=O) groups is 1. The number of amides is 1. The third-order valence-corrected chi connectivity index (χ3v) is 5.08. The van der Waals surface area contributed by atoms with Gasteiger partial charge in [0.05, 0.1) is 5.69 Å². The second-order valence-corrected chi connectivity index (χ2v) is 6.72. The highest BCUT2D eigenvalue weighted by atomic mass is 16.5. The number of hydrogen-bond acceptors (Lipinski definition) is 4. The van der Waals surface area contributed by atoms with E-state index < -0.39 is 0 Å². The van der Waals surface area contributed by atoms with Gasteiger partial charge in [-0.05, 0) is 37.3 Å². The summed E-state index contributed by atoms with van der Waals surface area (Å²) in [4.78, 5) is 26.4. The zero-order chi connectivity index (χ0) is 18.5. The second-order valence-electron chi connectivity index (χ2n) is 6.72. The SMILES string of the molecule is CC[C@@H](OC)C(=O)N1CCC(Cc2n[nH]c(=O)n2-c2ccccc2)CC1. The maximum Gasteiger partial charge on any atom is 0.347 e. The van der Waals surface area contributed by atoms with Crippen LogP contribution in [0.3, 0.4) is 0 Å². The van der Waals surface area contributed by atoms with Crippen molar-refractivity contribution in [3.8, 4) is 5.69 Å². The number of piperidine rings is 1. The van der Waals surface area contributed by atoms with E-state index in [-0.39, 0.29) is 17.7 Å². The first kappa shape index (κ1) is 18.4. The van der Waals surface area contributed by atoms with E-state index in [1.807, 2.05) is 42.2 Å². The first-order valence-electron chi connectivity index (χ1n) is 9.17. The van der Waals surface area contributed by atoms with E-state index in [0.29, 0.717) is 12.3 Å². The molecule has 2 heterocycles. The number of likely N-dealkylation sites (tertiary alicyclic amines) is 1. The van der Waals surface area contributed by atoms with Gasteiger partial charge in [-0.2, -0.15) is 5.10 Å². The van der Waals surface area contributed by atoms with Crippen LogP contribution in [-0.2, 0) is 16.0 Å². The van der Waals surface area contributed by atoms with Crippen LogP contribution in [0.4, 0.5) is 0 Å². The molecule has 26 heavy (non-hydrogen) atoms. The van der Waals surface area contributed by atoms with Gasteiger partial charge in [0.25, 0.3) is 5.91 Å². The number of para-hydroxylation sites is 1. The van der Waals surface area contributed by atoms with Crippen LogP contribution in [0.25, 0.3) is 5.69 Å². The highest BCUT2D eigenvalue weighted by Gasteiger charge is 2.28. The number of ether oxygens (including phenoxy) is 1. The minimum absolute atomic E-state index is 0.0782. The zero-order valence-corrected chi connectivity index (χ0v) is 15.4. The third-order valence-electron chi connectivity index (χ3n) is 5.08. The third kappa shape index (κ3) is 3.88. The summed E-state index contributed by atoms with van der Waals surface area (Å²) in [7, 11) is 1.58. The normalized spacial score (nSPS) is 16.6. The molecule has 0 spiro atoms. The molecule has 0 radical (unpaired) electrons. The number of nitrogens with zero attached hydrogens (tertiary/aromatic N) is 3. The molecule has 1 aromatic carbocycles. The molecule has 1 aromatic heterocycles. The molecule has 1 aliphatic heterocycles. The number of carbonyl (C=O) groups excluding carboxylic acids is 1. The van der Waals surface area contributed by atoms with Crippen LogP contribution in [0.15, 0.2) is 35.1 Å². The zero-order valence-electron chi connectivity index (χ0n) is 15.4. The van der Waals surface area contributed by atoms with Crippen LogP contribution in [-0.4, -0.2) is 51.9 Å². The molecular formula is C19H26N4O3. The first-order valence-corrected chi connectivity index (χ1v) is 9.17. The van der Waals surface area contributed by atoms with Crippen molar-refractivity contribution in [2.24, 2.45) is 5.92 Å². The lowest BCUT2D eigenvalue weighted by Crippen LogP contribution is -2.44. The van der Waals surface area contributed by atoms with E-state index in [1.165, 1.54) is 0 Å². The molecule has 7 nitrogen and oxygen atoms in total. The van der Waals surface area contributed by atoms with E-state index in [2.05, 4.69) is 10.2 Å². The van der Waals surface area contributed by atoms with Gasteiger partial charge in [-0.3, -0.25) is 4.79 Å². The maximum atomic E-state index is 12.4. The molecule has 0 bridgehead atoms. The molecule has 0 aliphatic carbocycles. The van der Waals surface area contributed by atoms with Gasteiger partial charge in [0, 0.05) is 26.6 Å². The molecule has 140 valence electrons. The van der Waals surface area contributed by atoms with Gasteiger partial charge < -0.3 is 9.64 Å². The Morgan fingerprint density at radius 1 is 1.31 bits per heavy atom. The number of benzene rings is 1. The molecule has 2 aromatic rings. The fraction of sp³-hybridized carbons (Fsp3) is 0.526. The summed E-state index contributed by atoms with van der Waals surface area (Å²) in [6.07, 6.45) is 2.87. The van der Waals surface area contributed by atoms with Crippen molar-refractivity contribution in [1.29, 1.82) is 0 Å². The fourth-order valence-electron chi connectivity index (χ4n) is 3.57. The summed E-state index contributed by atoms with van der Waals surface area (Å²) >= 11 is 0. The summed E-state index contributed by atoms with van der Waals surface area (Å²) in [5.41, 5.74) is 0.601. The molecule has 1 saturated heterocycles. The summed E-state index contributed by atoms with van der Waals surface area (Å²) in [5, 5.41) is 6.78. The minimum Gasteiger partial charge on any atom is -0.372 e. The molecule has 1 N–H and O–H groups in total. The molecule has 7 heteroatoms. The van der Waals surface area contributed by atoms with Crippen LogP contribution in [0.5, 0.6) is 0 Å². The predicted molar refractivity (Wildman–Crippen MR) is 98.3 cm³/mol. The topological polar surface area (TPSA) is 80.2 Å². The van der Waals surface area contributed by atoms with Crippen LogP contribution < -0.4 is 5.69 Å². The van der Waals surface area contributed by atoms with Crippen LogP contribution in [0.1, 0.15) is 32.0 Å². The average Bonchev–Trinajstić information content (AvgIpc) is 3.04. The lowest BCUT2D eigenvalue weighted by atomic mass is 9.93. The number of hydrogen-bond donors (Lipinski definition) is 1. The number of H-pyrrole nitrogens is 1. The van der Waals surface area contributed by atoms with E-state index in [4.69, 9.17) is 4.74 Å². The molecule has 0 saturated carbocycles. The summed E-state index contributed by atoms with van der Waals surface area (Å²) in [6, 6.07) is 9.53. The van der Waals surface area contributed by atoms with Crippen molar-refractivity contribution in [3.63, 3.8) is 0 Å². The summed E-state index contributed by atoms with van der Waals surface area (Å²) in [6.45, 7) is 3.41. The highest BCUT2D eigenvalue weighted by molar-refractivity contribution is 5.80. The summed E-state index contributed by atoms with van der Waals surface area (Å²) in [5.74, 6) is 1.23. The molecule has 3 rings (SSSR count). The number of nitrogens with one attached hydrogen (secondary N) is 1. The van der Waals surface area contributed by atoms with Crippen molar-refractivity contribution in [2.75, 3.05) is 20.2 Å². The van der Waals surface area contributed by atoms with Crippen molar-refractivity contribution >= 4 is 5.91 Å². The van der Waals surface area contributed by atoms with Gasteiger partial charge in [-0.25, -0.2) is 14.5 Å². The molecule has 0 unspecified atom stereocenters. The van der Waals surface area contributed by atoms with Gasteiger partial charge in [0.1, 0.15) is 11.9 Å². The molecule has 1 fully saturated rings. The van der Waals surface area contributed by atoms with E-state index >= 15 is 0 Å². The number of rotatable bonds is 6. The number of aromatic nitrogens is 3. The van der Waals surface area contributed by atoms with Crippen LogP contribution >= 0.6 is 0 Å². The second kappa shape index (κ2) is 8.31. The van der Waals surface area contributed by atoms with Crippen molar-refractivity contribution in [3.05, 3.63) is 46.6 Å². The average molecular weight is 358 g/mol. The maximum absolute atomic E-state index is 12.4. The quantitative estimate of drug-likeness (QED) is 0.853. The molecule has 1 atom stereocenters. The predicted octanol–water partition coefficient (Wildman–Crippen LogP) is 1.77. The first-order chi connectivity index (χ1) is 12.6. The van der Waals surface area contributed by atoms with Gasteiger partial charge in [-0.1, -0.05) is 25.1 Å². The van der Waals surface area contributed by atoms with Crippen molar-refractivity contribution in [1.82, 2.24) is 19.7 Å². The Kier molecular flexibility index (Phi) is 5.88. The monoisotopic (exact) mass is 358 g/mol. The Bertz CT molecular complexity index is 772. The Hall–Kier alpha value is -2.41. The van der Waals surface area contributed by atoms with Gasteiger partial charge in [-0.15, -0.1) is 0 Å². The van der Waals surface area contributed by atoms with E-state index in [0.717, 1.165) is 43.9 Å². The van der Waals surface area contributed by atoms with Crippen molar-refractivity contribution < 1.29 is 9.53 Å². The number of methoxy groups -OCH3 is 1. The standard InChI is InChI=1S/C19H26N4O3/c1-3-16(26-2)18(24)22-11-9-14(10-12-22)13-17-20-21-19(25)23(17)15-7-5-4-6-8-15/h4-8,14,16H,3,9-13H2,1-2H3,(H,21,25)/t16-/m1/s1. The Morgan fingerprint density at radius 3 is 2.62 bits per heavy atom. The van der Waals surface area contributed by atoms with Gasteiger partial charge in [0.15, 0.2) is 0 Å². The highest BCUT2D eigenvalue weighted by Crippen LogP contribution is 2.22. The lowest BCUT2D eigenvalue weighted by molar-refractivity contribution is -0.143. The lowest BCUT2D eigenvalue weighted by Gasteiger charge is -2.33. The smallest absolute Gasteiger partial charge is 0.347 e. The largest absolute Gasteiger partial charge is 0.372 e. The molecule has 1 aliphatic rings. The Balaban J connectivity index is 1.64. The minimum atomic E-state index is -0.346. The van der Waals surface area contributed by atoms with E-state index in [9.17, 15) is 9.59 Å². The fourth-order valence-corrected chi connectivity index (χ4v) is 3.57. The van der Waals surface area contributed by atoms with E-state index in [1.54, 1.807) is 11.7 Å². The van der Waals surface area contributed by atoms with Gasteiger partial charge in [0.2, 0.25) is 0 Å². The van der Waals surface area contributed by atoms with Crippen LogP contribution in [0, 0.1) is 5.92 Å². The van der Waals surface area contributed by atoms with Crippen molar-refractivity contribution in [2.45, 2.75) is 38.7 Å². The number of aromatic amines is 1. The van der Waals surface area contributed by atoms with Crippen LogP contribution in [0.2, 0.25) is 0 Å². The Labute approximate surface area is 153 Å². The summed E-state index contributed by atoms with van der Waals surface area (Å²) < 4.78 is 6.90. The Morgan fingerprint density at radius 2 is 2.00 bits per heavy atom. The molecular weight excluding hydrogens is 332 g/mol. The van der Waals surface area contributed by atoms with Gasteiger partial charge >= 0.3 is 5.69 Å². The molecule has 1 amide bonds.